The molecule has 2 aromatic heterocycles. The van der Waals surface area contributed by atoms with E-state index in [-0.39, 0.29) is 0 Å². The minimum absolute atomic E-state index is 0.594. The van der Waals surface area contributed by atoms with E-state index in [1.165, 1.54) is 0 Å². The van der Waals surface area contributed by atoms with Gasteiger partial charge in [-0.3, -0.25) is 4.79 Å². The average molecular weight is 190 g/mol. The lowest BCUT2D eigenvalue weighted by molar-refractivity contribution is 0.111. The number of aromatic nitrogens is 2. The molecule has 2 aromatic rings. The number of fused-ring (bicyclic) bond motifs is 1. The zero-order valence-corrected chi connectivity index (χ0v) is 8.02. The maximum atomic E-state index is 10.7. The number of carbonyl (C=O) groups is 1. The van der Waals surface area contributed by atoms with Crippen molar-refractivity contribution in [1.29, 1.82) is 0 Å². The first kappa shape index (κ1) is 8.74. The molecular weight excluding hydrogens is 180 g/mol. The molecule has 2 heterocycles. The molecule has 0 spiro atoms. The van der Waals surface area contributed by atoms with E-state index in [1.807, 2.05) is 0 Å². The molecule has 0 fully saturated rings. The zero-order chi connectivity index (χ0) is 10.1. The lowest BCUT2D eigenvalue weighted by atomic mass is 10.3. The van der Waals surface area contributed by atoms with Crippen molar-refractivity contribution >= 4 is 17.3 Å². The number of hydrogen-bond donors (Lipinski definition) is 0. The molecule has 4 heteroatoms. The molecule has 0 aromatic carbocycles. The Hall–Kier alpha value is -1.84. The summed E-state index contributed by atoms with van der Waals surface area (Å²) in [5, 5.41) is 0.861. The quantitative estimate of drug-likeness (QED) is 0.672. The van der Waals surface area contributed by atoms with Crippen LogP contribution in [0.3, 0.4) is 0 Å². The summed E-state index contributed by atoms with van der Waals surface area (Å²) in [5.74, 6) is 0.735. The van der Waals surface area contributed by atoms with Crippen LogP contribution in [0.1, 0.15) is 10.5 Å². The minimum Gasteiger partial charge on any atom is -0.496 e. The van der Waals surface area contributed by atoms with E-state index in [2.05, 4.69) is 4.98 Å². The van der Waals surface area contributed by atoms with Crippen molar-refractivity contribution in [2.24, 2.45) is 7.05 Å². The molecule has 0 unspecified atom stereocenters. The Balaban J connectivity index is 2.83. The largest absolute Gasteiger partial charge is 0.496 e. The lowest BCUT2D eigenvalue weighted by Crippen LogP contribution is -1.94. The van der Waals surface area contributed by atoms with Crippen molar-refractivity contribution in [2.45, 2.75) is 0 Å². The third kappa shape index (κ3) is 1.08. The highest BCUT2D eigenvalue weighted by Crippen LogP contribution is 2.25. The van der Waals surface area contributed by atoms with E-state index in [0.717, 1.165) is 23.1 Å². The topological polar surface area (TPSA) is 44.1 Å². The van der Waals surface area contributed by atoms with Crippen LogP contribution in [0.5, 0.6) is 5.75 Å². The van der Waals surface area contributed by atoms with E-state index in [0.29, 0.717) is 5.69 Å². The molecule has 2 rings (SSSR count). The van der Waals surface area contributed by atoms with Gasteiger partial charge in [0.15, 0.2) is 6.29 Å². The van der Waals surface area contributed by atoms with E-state index >= 15 is 0 Å². The van der Waals surface area contributed by atoms with Crippen molar-refractivity contribution in [3.05, 3.63) is 24.0 Å². The Kier molecular flexibility index (Phi) is 1.96. The molecule has 4 nitrogen and oxygen atoms in total. The van der Waals surface area contributed by atoms with Gasteiger partial charge in [-0.15, -0.1) is 0 Å². The SMILES string of the molecule is COc1ccnc2c1cc(C=O)n2C. The van der Waals surface area contributed by atoms with Crippen LogP contribution >= 0.6 is 0 Å². The first-order valence-corrected chi connectivity index (χ1v) is 4.21. The maximum Gasteiger partial charge on any atom is 0.166 e. The lowest BCUT2D eigenvalue weighted by Gasteiger charge is -2.00. The molecule has 0 saturated carbocycles. The number of ether oxygens (including phenoxy) is 1. The summed E-state index contributed by atoms with van der Waals surface area (Å²) >= 11 is 0. The summed E-state index contributed by atoms with van der Waals surface area (Å²) in [6.45, 7) is 0. The van der Waals surface area contributed by atoms with Crippen molar-refractivity contribution in [3.8, 4) is 5.75 Å². The smallest absolute Gasteiger partial charge is 0.166 e. The second kappa shape index (κ2) is 3.14. The Morgan fingerprint density at radius 1 is 1.57 bits per heavy atom. The zero-order valence-electron chi connectivity index (χ0n) is 8.02. The van der Waals surface area contributed by atoms with Gasteiger partial charge in [-0.25, -0.2) is 4.98 Å². The minimum atomic E-state index is 0.594. The normalized spacial score (nSPS) is 10.4. The highest BCUT2D eigenvalue weighted by atomic mass is 16.5. The monoisotopic (exact) mass is 190 g/mol. The summed E-state index contributed by atoms with van der Waals surface area (Å²) in [4.78, 5) is 14.9. The molecule has 0 amide bonds. The number of rotatable bonds is 2. The fraction of sp³-hybridized carbons (Fsp3) is 0.200. The van der Waals surface area contributed by atoms with Crippen LogP contribution in [0.4, 0.5) is 0 Å². The summed E-state index contributed by atoms with van der Waals surface area (Å²) in [5.41, 5.74) is 1.35. The fourth-order valence-electron chi connectivity index (χ4n) is 1.51. The van der Waals surface area contributed by atoms with Gasteiger partial charge in [0.1, 0.15) is 11.4 Å². The van der Waals surface area contributed by atoms with Gasteiger partial charge in [-0.1, -0.05) is 0 Å². The number of carbonyl (C=O) groups excluding carboxylic acids is 1. The van der Waals surface area contributed by atoms with Crippen LogP contribution in [0.2, 0.25) is 0 Å². The van der Waals surface area contributed by atoms with Crippen molar-refractivity contribution < 1.29 is 9.53 Å². The number of pyridine rings is 1. The van der Waals surface area contributed by atoms with Gasteiger partial charge in [0, 0.05) is 13.2 Å². The van der Waals surface area contributed by atoms with Crippen LogP contribution in [-0.2, 0) is 7.05 Å². The molecule has 0 saturated heterocycles. The molecule has 0 radical (unpaired) electrons. The Labute approximate surface area is 81.1 Å². The standard InChI is InChI=1S/C10H10N2O2/c1-12-7(6-13)5-8-9(14-2)3-4-11-10(8)12/h3-6H,1-2H3. The second-order valence-electron chi connectivity index (χ2n) is 3.00. The van der Waals surface area contributed by atoms with Gasteiger partial charge in [0.25, 0.3) is 0 Å². The van der Waals surface area contributed by atoms with Crippen LogP contribution < -0.4 is 4.74 Å². The predicted molar refractivity (Wildman–Crippen MR) is 52.7 cm³/mol. The van der Waals surface area contributed by atoms with E-state index in [9.17, 15) is 4.79 Å². The third-order valence-corrected chi connectivity index (χ3v) is 2.27. The van der Waals surface area contributed by atoms with Crippen molar-refractivity contribution in [2.75, 3.05) is 7.11 Å². The number of hydrogen-bond acceptors (Lipinski definition) is 3. The molecule has 0 bridgehead atoms. The van der Waals surface area contributed by atoms with Gasteiger partial charge in [-0.2, -0.15) is 0 Å². The molecule has 72 valence electrons. The highest BCUT2D eigenvalue weighted by Gasteiger charge is 2.09. The first-order chi connectivity index (χ1) is 6.77. The first-order valence-electron chi connectivity index (χ1n) is 4.21. The summed E-state index contributed by atoms with van der Waals surface area (Å²) in [7, 11) is 3.40. The highest BCUT2D eigenvalue weighted by molar-refractivity contribution is 5.90. The van der Waals surface area contributed by atoms with E-state index in [1.54, 1.807) is 37.1 Å². The van der Waals surface area contributed by atoms with Crippen LogP contribution in [0.25, 0.3) is 11.0 Å². The van der Waals surface area contributed by atoms with Crippen LogP contribution in [0, 0.1) is 0 Å². The van der Waals surface area contributed by atoms with E-state index in [4.69, 9.17) is 4.74 Å². The van der Waals surface area contributed by atoms with Crippen LogP contribution in [-0.4, -0.2) is 22.9 Å². The summed E-state index contributed by atoms with van der Waals surface area (Å²) in [6.07, 6.45) is 2.47. The predicted octanol–water partition coefficient (Wildman–Crippen LogP) is 1.39. The molecule has 0 N–H and O–H groups in total. The fourth-order valence-corrected chi connectivity index (χ4v) is 1.51. The molecule has 0 aliphatic rings. The Morgan fingerprint density at radius 3 is 3.00 bits per heavy atom. The molecule has 0 aliphatic heterocycles. The van der Waals surface area contributed by atoms with Crippen molar-refractivity contribution in [3.63, 3.8) is 0 Å². The average Bonchev–Trinajstić information content (AvgIpc) is 2.55. The van der Waals surface area contributed by atoms with Crippen LogP contribution in [0.15, 0.2) is 18.3 Å². The maximum absolute atomic E-state index is 10.7. The van der Waals surface area contributed by atoms with Gasteiger partial charge >= 0.3 is 0 Å². The van der Waals surface area contributed by atoms with Gasteiger partial charge in [0.2, 0.25) is 0 Å². The number of aryl methyl sites for hydroxylation is 1. The Bertz CT molecular complexity index is 488. The molecule has 0 atom stereocenters. The summed E-state index contributed by atoms with van der Waals surface area (Å²) < 4.78 is 6.91. The molecule has 0 aliphatic carbocycles. The molecule has 14 heavy (non-hydrogen) atoms. The van der Waals surface area contributed by atoms with Gasteiger partial charge in [0.05, 0.1) is 18.2 Å². The Morgan fingerprint density at radius 2 is 2.36 bits per heavy atom. The number of methoxy groups -OCH3 is 1. The molecular formula is C10H10N2O2. The third-order valence-electron chi connectivity index (χ3n) is 2.27. The van der Waals surface area contributed by atoms with Gasteiger partial charge < -0.3 is 9.30 Å². The van der Waals surface area contributed by atoms with Gasteiger partial charge in [-0.05, 0) is 12.1 Å². The van der Waals surface area contributed by atoms with Crippen molar-refractivity contribution in [1.82, 2.24) is 9.55 Å². The summed E-state index contributed by atoms with van der Waals surface area (Å²) in [6, 6.07) is 3.55. The number of nitrogens with zero attached hydrogens (tertiary/aromatic N) is 2. The number of aldehydes is 1. The second-order valence-corrected chi connectivity index (χ2v) is 3.00. The van der Waals surface area contributed by atoms with E-state index < -0.39 is 0 Å².